The molecule has 5 rings (SSSR count). The molecule has 2 N–H and O–H groups in total. The zero-order valence-corrected chi connectivity index (χ0v) is 33.3. The van der Waals surface area contributed by atoms with Gasteiger partial charge in [-0.25, -0.2) is 14.8 Å². The number of hydrogen-bond donors (Lipinski definition) is 2. The van der Waals surface area contributed by atoms with Gasteiger partial charge < -0.3 is 24.8 Å². The number of rotatable bonds is 13. The van der Waals surface area contributed by atoms with Crippen LogP contribution in [0.4, 0.5) is 11.4 Å². The van der Waals surface area contributed by atoms with Crippen LogP contribution in [0.2, 0.25) is 0 Å². The molecule has 2 aromatic rings. The molecule has 0 radical (unpaired) electrons. The molecule has 1 aromatic heterocycles. The molecule has 0 bridgehead atoms. The first-order valence-corrected chi connectivity index (χ1v) is 19.1. The predicted molar refractivity (Wildman–Crippen MR) is 205 cm³/mol. The van der Waals surface area contributed by atoms with Gasteiger partial charge in [0.15, 0.2) is 5.82 Å². The van der Waals surface area contributed by atoms with E-state index in [2.05, 4.69) is 70.8 Å². The zero-order chi connectivity index (χ0) is 38.9. The van der Waals surface area contributed by atoms with Crippen molar-refractivity contribution < 1.29 is 29.0 Å². The van der Waals surface area contributed by atoms with Crippen LogP contribution in [-0.4, -0.2) is 87.2 Å². The number of aromatic nitrogens is 3. The van der Waals surface area contributed by atoms with E-state index in [1.807, 2.05) is 20.8 Å². The zero-order valence-electron chi connectivity index (χ0n) is 33.3. The number of carboxylic acid groups (broad SMARTS) is 1. The Morgan fingerprint density at radius 1 is 1.08 bits per heavy atom. The Labute approximate surface area is 314 Å². The average Bonchev–Trinajstić information content (AvgIpc) is 3.64. The van der Waals surface area contributed by atoms with Crippen molar-refractivity contribution in [1.82, 2.24) is 20.2 Å². The fraction of sp³-hybridized carbons (Fsp3) is 0.675. The van der Waals surface area contributed by atoms with Crippen LogP contribution in [0.5, 0.6) is 0 Å². The van der Waals surface area contributed by atoms with E-state index in [9.17, 15) is 14.4 Å². The van der Waals surface area contributed by atoms with Crippen LogP contribution in [0.1, 0.15) is 142 Å². The van der Waals surface area contributed by atoms with Gasteiger partial charge in [0, 0.05) is 35.1 Å². The van der Waals surface area contributed by atoms with Crippen LogP contribution in [0.15, 0.2) is 22.2 Å². The third kappa shape index (κ3) is 9.16. The van der Waals surface area contributed by atoms with Gasteiger partial charge in [0.2, 0.25) is 11.7 Å². The molecule has 1 aliphatic carbocycles. The van der Waals surface area contributed by atoms with Crippen LogP contribution in [0, 0.1) is 17.8 Å². The quantitative estimate of drug-likeness (QED) is 0.169. The Kier molecular flexibility index (Phi) is 11.9. The molecule has 0 saturated heterocycles. The summed E-state index contributed by atoms with van der Waals surface area (Å²) < 4.78 is 10.6. The molecule has 53 heavy (non-hydrogen) atoms. The number of benzene rings is 1. The monoisotopic (exact) mass is 733 g/mol. The number of carbonyl (C=O) groups excluding carboxylic acids is 2. The number of carboxylic acids is 1. The van der Waals surface area contributed by atoms with Crippen molar-refractivity contribution in [2.24, 2.45) is 20.9 Å². The van der Waals surface area contributed by atoms with Crippen LogP contribution < -0.4 is 10.2 Å². The number of hydrogen-bond acceptors (Lipinski definition) is 10. The lowest BCUT2D eigenvalue weighted by Gasteiger charge is -2.48. The second kappa shape index (κ2) is 15.7. The first kappa shape index (κ1) is 40.1. The Hall–Kier alpha value is -4.13. The van der Waals surface area contributed by atoms with Gasteiger partial charge in [0.25, 0.3) is 0 Å². The van der Waals surface area contributed by atoms with E-state index < -0.39 is 18.0 Å². The van der Waals surface area contributed by atoms with Crippen LogP contribution in [0.25, 0.3) is 0 Å². The SMILES string of the molecule is CCC(C)(C)C(=O)OCCCN1c2cc(C)c(N=C3C(C(C)(C)C)=Nn4nc(C5CCC(NC(=O)COCC(=O)O)CC5)nc43)cc2C(C)CC1(C)C. The summed E-state index contributed by atoms with van der Waals surface area (Å²) in [6.07, 6.45) is 5.61. The minimum absolute atomic E-state index is 0.00380. The number of nitrogens with zero attached hydrogens (tertiary/aromatic N) is 6. The lowest BCUT2D eigenvalue weighted by atomic mass is 9.79. The van der Waals surface area contributed by atoms with Crippen molar-refractivity contribution >= 4 is 40.6 Å². The van der Waals surface area contributed by atoms with E-state index in [1.54, 1.807) is 4.79 Å². The maximum Gasteiger partial charge on any atom is 0.329 e. The summed E-state index contributed by atoms with van der Waals surface area (Å²) in [5, 5.41) is 21.4. The molecule has 13 heteroatoms. The van der Waals surface area contributed by atoms with E-state index in [0.717, 1.165) is 80.0 Å². The van der Waals surface area contributed by atoms with Gasteiger partial charge in [-0.15, -0.1) is 9.89 Å². The predicted octanol–water partition coefficient (Wildman–Crippen LogP) is 6.68. The number of esters is 1. The van der Waals surface area contributed by atoms with Gasteiger partial charge >= 0.3 is 11.9 Å². The third-order valence-corrected chi connectivity index (χ3v) is 11.0. The summed E-state index contributed by atoms with van der Waals surface area (Å²) in [5.41, 5.74) is 5.14. The third-order valence-electron chi connectivity index (χ3n) is 11.0. The van der Waals surface area contributed by atoms with E-state index >= 15 is 0 Å². The molecular weight excluding hydrogens is 674 g/mol. The highest BCUT2D eigenvalue weighted by Gasteiger charge is 2.39. The number of anilines is 1. The minimum Gasteiger partial charge on any atom is -0.480 e. The van der Waals surface area contributed by atoms with Gasteiger partial charge in [0.05, 0.1) is 23.4 Å². The lowest BCUT2D eigenvalue weighted by molar-refractivity contribution is -0.154. The maximum atomic E-state index is 12.6. The first-order chi connectivity index (χ1) is 24.8. The summed E-state index contributed by atoms with van der Waals surface area (Å²) in [7, 11) is 0. The minimum atomic E-state index is -1.10. The summed E-state index contributed by atoms with van der Waals surface area (Å²) >= 11 is 0. The number of aliphatic carboxylic acids is 1. The van der Waals surface area contributed by atoms with Gasteiger partial charge in [-0.3, -0.25) is 9.59 Å². The lowest BCUT2D eigenvalue weighted by Crippen LogP contribution is -2.49. The fourth-order valence-corrected chi connectivity index (χ4v) is 7.58. The van der Waals surface area contributed by atoms with E-state index in [4.69, 9.17) is 34.8 Å². The molecule has 1 unspecified atom stereocenters. The number of amides is 1. The molecule has 290 valence electrons. The Morgan fingerprint density at radius 2 is 1.77 bits per heavy atom. The van der Waals surface area contributed by atoms with Crippen molar-refractivity contribution in [2.75, 3.05) is 31.3 Å². The molecule has 3 heterocycles. The number of fused-ring (bicyclic) bond motifs is 2. The second-order valence-corrected chi connectivity index (χ2v) is 17.3. The number of ether oxygens (including phenoxy) is 2. The molecule has 0 spiro atoms. The molecule has 2 aliphatic heterocycles. The number of aliphatic imine (C=N–C) groups is 1. The van der Waals surface area contributed by atoms with E-state index in [1.165, 1.54) is 11.3 Å². The van der Waals surface area contributed by atoms with Crippen molar-refractivity contribution in [3.63, 3.8) is 0 Å². The highest BCUT2D eigenvalue weighted by atomic mass is 16.5. The number of aryl methyl sites for hydroxylation is 1. The summed E-state index contributed by atoms with van der Waals surface area (Å²) in [4.78, 5) is 49.9. The normalized spacial score (nSPS) is 21.9. The largest absolute Gasteiger partial charge is 0.480 e. The molecule has 1 aromatic carbocycles. The van der Waals surface area contributed by atoms with E-state index in [-0.39, 0.29) is 41.4 Å². The molecule has 1 amide bonds. The molecule has 3 aliphatic rings. The van der Waals surface area contributed by atoms with Gasteiger partial charge in [-0.2, -0.15) is 5.10 Å². The maximum absolute atomic E-state index is 12.6. The van der Waals surface area contributed by atoms with Crippen molar-refractivity contribution in [3.05, 3.63) is 34.9 Å². The number of carbonyl (C=O) groups is 3. The molecule has 1 atom stereocenters. The number of nitrogens with one attached hydrogen (secondary N) is 1. The topological polar surface area (TPSA) is 161 Å². The molecule has 1 saturated carbocycles. The second-order valence-electron chi connectivity index (χ2n) is 17.3. The van der Waals surface area contributed by atoms with Gasteiger partial charge in [0.1, 0.15) is 18.9 Å². The standard InChI is InChI=1S/C40H59N7O6/c1-11-39(7,8)37(51)53-18-12-17-46-30-19-24(2)29(20-28(30)25(3)21-40(46,9)10)42-33-34(38(4,5)6)44-47-36(33)43-35(45-47)26-13-15-27(16-14-26)41-31(48)22-52-23-32(49)50/h19-20,25-27H,11-18,21-23H2,1-10H3,(H,41,48)(H,49,50). The van der Waals surface area contributed by atoms with E-state index in [0.29, 0.717) is 18.3 Å². The van der Waals surface area contributed by atoms with Crippen molar-refractivity contribution in [1.29, 1.82) is 0 Å². The Bertz CT molecular complexity index is 1760. The van der Waals surface area contributed by atoms with Crippen LogP contribution in [-0.2, 0) is 23.9 Å². The fourth-order valence-electron chi connectivity index (χ4n) is 7.58. The highest BCUT2D eigenvalue weighted by molar-refractivity contribution is 6.50. The van der Waals surface area contributed by atoms with Crippen LogP contribution >= 0.6 is 0 Å². The van der Waals surface area contributed by atoms with Gasteiger partial charge in [-0.05, 0) is 109 Å². The van der Waals surface area contributed by atoms with Crippen molar-refractivity contribution in [2.45, 2.75) is 138 Å². The first-order valence-electron chi connectivity index (χ1n) is 19.1. The van der Waals surface area contributed by atoms with Gasteiger partial charge in [-0.1, -0.05) is 34.6 Å². The molecule has 1 fully saturated rings. The smallest absolute Gasteiger partial charge is 0.329 e. The highest BCUT2D eigenvalue weighted by Crippen LogP contribution is 2.46. The summed E-state index contributed by atoms with van der Waals surface area (Å²) in [6, 6.07) is 4.49. The summed E-state index contributed by atoms with van der Waals surface area (Å²) in [6.45, 7) is 21.6. The Balaban J connectivity index is 1.34. The van der Waals surface area contributed by atoms with Crippen molar-refractivity contribution in [3.8, 4) is 0 Å². The Morgan fingerprint density at radius 3 is 2.42 bits per heavy atom. The average molecular weight is 734 g/mol. The summed E-state index contributed by atoms with van der Waals surface area (Å²) in [5.74, 6) is 0.273. The molecule has 13 nitrogen and oxygen atoms in total. The molecular formula is C40H59N7O6. The van der Waals surface area contributed by atoms with Crippen LogP contribution in [0.3, 0.4) is 0 Å².